The number of rotatable bonds is 6. The summed E-state index contributed by atoms with van der Waals surface area (Å²) >= 11 is 0. The van der Waals surface area contributed by atoms with Gasteiger partial charge in [-0.15, -0.1) is 0 Å². The minimum absolute atomic E-state index is 0.183. The van der Waals surface area contributed by atoms with Gasteiger partial charge in [0.1, 0.15) is 5.69 Å². The van der Waals surface area contributed by atoms with Crippen molar-refractivity contribution in [1.82, 2.24) is 29.5 Å². The molecule has 1 aromatic carbocycles. The molecule has 0 aliphatic rings. The molecule has 0 spiro atoms. The van der Waals surface area contributed by atoms with Gasteiger partial charge in [-0.3, -0.25) is 18.9 Å². The van der Waals surface area contributed by atoms with Gasteiger partial charge in [0.05, 0.1) is 11.7 Å². The van der Waals surface area contributed by atoms with Crippen molar-refractivity contribution in [2.75, 3.05) is 6.54 Å². The maximum absolute atomic E-state index is 12.8. The van der Waals surface area contributed by atoms with Crippen LogP contribution < -0.4 is 5.32 Å². The Labute approximate surface area is 163 Å². The summed E-state index contributed by atoms with van der Waals surface area (Å²) < 4.78 is 3.78. The molecule has 3 aromatic heterocycles. The van der Waals surface area contributed by atoms with Crippen LogP contribution in [0.1, 0.15) is 35.9 Å². The number of nitrogens with zero attached hydrogens (tertiary/aromatic N) is 5. The first-order valence-electron chi connectivity index (χ1n) is 9.33. The molecule has 4 aromatic rings. The Morgan fingerprint density at radius 1 is 1.14 bits per heavy atom. The fraction of sp³-hybridized carbons (Fsp3) is 0.238. The van der Waals surface area contributed by atoms with Crippen molar-refractivity contribution in [2.24, 2.45) is 0 Å². The van der Waals surface area contributed by atoms with E-state index >= 15 is 0 Å². The molecule has 3 heterocycles. The zero-order valence-electron chi connectivity index (χ0n) is 15.9. The highest BCUT2D eigenvalue weighted by Crippen LogP contribution is 2.24. The summed E-state index contributed by atoms with van der Waals surface area (Å²) in [5, 5.41) is 7.35. The molecule has 28 heavy (non-hydrogen) atoms. The summed E-state index contributed by atoms with van der Waals surface area (Å²) in [4.78, 5) is 21.6. The van der Waals surface area contributed by atoms with Crippen LogP contribution >= 0.6 is 0 Å². The summed E-state index contributed by atoms with van der Waals surface area (Å²) in [7, 11) is 0. The Bertz CT molecular complexity index is 1100. The second-order valence-electron chi connectivity index (χ2n) is 6.86. The number of fused-ring (bicyclic) bond motifs is 1. The van der Waals surface area contributed by atoms with Crippen LogP contribution in [0.5, 0.6) is 0 Å². The van der Waals surface area contributed by atoms with Gasteiger partial charge in [-0.2, -0.15) is 5.10 Å². The molecule has 7 heteroatoms. The van der Waals surface area contributed by atoms with Crippen LogP contribution in [-0.4, -0.2) is 36.6 Å². The van der Waals surface area contributed by atoms with Gasteiger partial charge < -0.3 is 5.32 Å². The molecule has 0 radical (unpaired) electrons. The number of benzene rings is 1. The minimum atomic E-state index is -0.205. The fourth-order valence-electron chi connectivity index (χ4n) is 3.24. The van der Waals surface area contributed by atoms with Crippen molar-refractivity contribution in [3.05, 3.63) is 72.4 Å². The molecule has 0 unspecified atom stereocenters. The van der Waals surface area contributed by atoms with Gasteiger partial charge in [0, 0.05) is 31.2 Å². The molecule has 0 aliphatic carbocycles. The molecule has 0 fully saturated rings. The number of imidazole rings is 1. The van der Waals surface area contributed by atoms with Crippen LogP contribution in [0.3, 0.4) is 0 Å². The Hall–Kier alpha value is -3.48. The van der Waals surface area contributed by atoms with E-state index in [0.717, 1.165) is 12.1 Å². The standard InChI is InChI=1S/C21H22N6O/c1-15(2)27-17(9-11-24-27)20-25-19(18-14-22-12-13-26(18)20)21(28)23-10-8-16-6-4-3-5-7-16/h3-7,9,11-15H,8,10H2,1-2H3,(H,23,28). The monoisotopic (exact) mass is 374 g/mol. The first kappa shape index (κ1) is 17.9. The second-order valence-corrected chi connectivity index (χ2v) is 6.86. The lowest BCUT2D eigenvalue weighted by molar-refractivity contribution is 0.0951. The Kier molecular flexibility index (Phi) is 4.89. The minimum Gasteiger partial charge on any atom is -0.350 e. The van der Waals surface area contributed by atoms with Gasteiger partial charge in [-0.1, -0.05) is 30.3 Å². The van der Waals surface area contributed by atoms with Crippen molar-refractivity contribution in [3.63, 3.8) is 0 Å². The van der Waals surface area contributed by atoms with Crippen LogP contribution in [0, 0.1) is 0 Å². The van der Waals surface area contributed by atoms with Gasteiger partial charge in [0.25, 0.3) is 5.91 Å². The van der Waals surface area contributed by atoms with Crippen LogP contribution in [0.2, 0.25) is 0 Å². The van der Waals surface area contributed by atoms with Crippen LogP contribution in [-0.2, 0) is 6.42 Å². The van der Waals surface area contributed by atoms with Crippen molar-refractivity contribution in [3.8, 4) is 11.5 Å². The van der Waals surface area contributed by atoms with Crippen molar-refractivity contribution in [1.29, 1.82) is 0 Å². The first-order chi connectivity index (χ1) is 13.6. The predicted octanol–water partition coefficient (Wildman–Crippen LogP) is 3.15. The Balaban J connectivity index is 1.62. The predicted molar refractivity (Wildman–Crippen MR) is 107 cm³/mol. The zero-order chi connectivity index (χ0) is 19.5. The summed E-state index contributed by atoms with van der Waals surface area (Å²) in [5.41, 5.74) is 3.08. The topological polar surface area (TPSA) is 77.1 Å². The Morgan fingerprint density at radius 3 is 2.75 bits per heavy atom. The molecule has 0 saturated carbocycles. The molecule has 0 aliphatic heterocycles. The van der Waals surface area contributed by atoms with Gasteiger partial charge in [0.15, 0.2) is 11.5 Å². The SMILES string of the molecule is CC(C)n1nccc1-c1nc(C(=O)NCCc2ccccc2)c2cnccn12. The molecule has 7 nitrogen and oxygen atoms in total. The molecule has 0 bridgehead atoms. The third-order valence-corrected chi connectivity index (χ3v) is 4.59. The van der Waals surface area contributed by atoms with Crippen LogP contribution in [0.15, 0.2) is 61.2 Å². The van der Waals surface area contributed by atoms with Gasteiger partial charge in [-0.25, -0.2) is 4.98 Å². The highest BCUT2D eigenvalue weighted by molar-refractivity contribution is 5.99. The quantitative estimate of drug-likeness (QED) is 0.562. The summed E-state index contributed by atoms with van der Waals surface area (Å²) in [6.45, 7) is 4.66. The second kappa shape index (κ2) is 7.64. The normalized spacial score (nSPS) is 11.2. The third-order valence-electron chi connectivity index (χ3n) is 4.59. The number of carbonyl (C=O) groups excluding carboxylic acids is 1. The number of aromatic nitrogens is 5. The molecule has 142 valence electrons. The number of nitrogens with one attached hydrogen (secondary N) is 1. The lowest BCUT2D eigenvalue weighted by Gasteiger charge is -2.09. The van der Waals surface area contributed by atoms with E-state index < -0.39 is 0 Å². The highest BCUT2D eigenvalue weighted by Gasteiger charge is 2.21. The molecule has 1 N–H and O–H groups in total. The fourth-order valence-corrected chi connectivity index (χ4v) is 3.24. The van der Waals surface area contributed by atoms with E-state index in [1.165, 1.54) is 5.56 Å². The summed E-state index contributed by atoms with van der Waals surface area (Å²) in [6, 6.07) is 12.2. The number of amides is 1. The lowest BCUT2D eigenvalue weighted by atomic mass is 10.1. The van der Waals surface area contributed by atoms with Gasteiger partial charge in [-0.05, 0) is 31.9 Å². The van der Waals surface area contributed by atoms with E-state index in [0.29, 0.717) is 23.6 Å². The summed E-state index contributed by atoms with van der Waals surface area (Å²) in [5.74, 6) is 0.472. The average molecular weight is 374 g/mol. The third kappa shape index (κ3) is 3.38. The molecule has 0 atom stereocenters. The molecule has 0 saturated heterocycles. The van der Waals surface area contributed by atoms with E-state index in [1.807, 2.05) is 51.7 Å². The maximum atomic E-state index is 12.8. The van der Waals surface area contributed by atoms with Gasteiger partial charge >= 0.3 is 0 Å². The Morgan fingerprint density at radius 2 is 1.96 bits per heavy atom. The highest BCUT2D eigenvalue weighted by atomic mass is 16.1. The number of hydrogen-bond donors (Lipinski definition) is 1. The number of hydrogen-bond acceptors (Lipinski definition) is 4. The van der Waals surface area contributed by atoms with E-state index in [9.17, 15) is 4.79 Å². The smallest absolute Gasteiger partial charge is 0.272 e. The van der Waals surface area contributed by atoms with E-state index in [2.05, 4.69) is 34.2 Å². The zero-order valence-corrected chi connectivity index (χ0v) is 15.9. The van der Waals surface area contributed by atoms with Crippen molar-refractivity contribution < 1.29 is 4.79 Å². The summed E-state index contributed by atoms with van der Waals surface area (Å²) in [6.07, 6.45) is 7.68. The van der Waals surface area contributed by atoms with Crippen LogP contribution in [0.25, 0.3) is 17.0 Å². The molecular formula is C21H22N6O. The maximum Gasteiger partial charge on any atom is 0.272 e. The lowest BCUT2D eigenvalue weighted by Crippen LogP contribution is -2.26. The molecular weight excluding hydrogens is 352 g/mol. The van der Waals surface area contributed by atoms with E-state index in [1.54, 1.807) is 18.6 Å². The number of carbonyl (C=O) groups is 1. The molecule has 1 amide bonds. The largest absolute Gasteiger partial charge is 0.350 e. The van der Waals surface area contributed by atoms with E-state index in [4.69, 9.17) is 0 Å². The molecule has 4 rings (SSSR count). The van der Waals surface area contributed by atoms with E-state index in [-0.39, 0.29) is 11.9 Å². The van der Waals surface area contributed by atoms with Crippen LogP contribution in [0.4, 0.5) is 0 Å². The first-order valence-corrected chi connectivity index (χ1v) is 9.33. The van der Waals surface area contributed by atoms with Crippen molar-refractivity contribution >= 4 is 11.4 Å². The van der Waals surface area contributed by atoms with Crippen molar-refractivity contribution in [2.45, 2.75) is 26.3 Å². The average Bonchev–Trinajstić information content (AvgIpc) is 3.33. The van der Waals surface area contributed by atoms with Gasteiger partial charge in [0.2, 0.25) is 0 Å².